The highest BCUT2D eigenvalue weighted by atomic mass is 32.2. The van der Waals surface area contributed by atoms with Gasteiger partial charge in [-0.25, -0.2) is 13.1 Å². The van der Waals surface area contributed by atoms with Gasteiger partial charge in [0.1, 0.15) is 6.04 Å². The van der Waals surface area contributed by atoms with Gasteiger partial charge in [-0.1, -0.05) is 24.6 Å². The lowest BCUT2D eigenvalue weighted by Gasteiger charge is -2.39. The van der Waals surface area contributed by atoms with E-state index in [1.165, 1.54) is 38.8 Å². The van der Waals surface area contributed by atoms with Crippen molar-refractivity contribution in [2.45, 2.75) is 61.9 Å². The Morgan fingerprint density at radius 1 is 0.909 bits per heavy atom. The predicted octanol–water partition coefficient (Wildman–Crippen LogP) is 1.34. The first kappa shape index (κ1) is 16.0. The molecule has 2 N–H and O–H groups in total. The Hall–Kier alpha value is -0.910. The van der Waals surface area contributed by atoms with Crippen molar-refractivity contribution in [3.8, 4) is 0 Å². The van der Waals surface area contributed by atoms with Crippen molar-refractivity contribution in [3.63, 3.8) is 0 Å². The van der Waals surface area contributed by atoms with Crippen LogP contribution in [0.4, 0.5) is 0 Å². The predicted molar refractivity (Wildman–Crippen MR) is 87.4 cm³/mol. The second-order valence-electron chi connectivity index (χ2n) is 6.65. The molecule has 3 rings (SSSR count). The molecule has 0 amide bonds. The highest BCUT2D eigenvalue weighted by Gasteiger charge is 2.36. The van der Waals surface area contributed by atoms with Gasteiger partial charge in [0.05, 0.1) is 24.0 Å². The Kier molecular flexibility index (Phi) is 5.16. The van der Waals surface area contributed by atoms with E-state index in [4.69, 9.17) is 0 Å². The molecule has 2 aliphatic rings. The van der Waals surface area contributed by atoms with E-state index < -0.39 is 10.0 Å². The molecule has 0 spiro atoms. The van der Waals surface area contributed by atoms with Gasteiger partial charge in [0, 0.05) is 6.42 Å². The number of hydrogen-bond acceptors (Lipinski definition) is 2. The molecule has 5 heteroatoms. The smallest absolute Gasteiger partial charge is 0.241 e. The molecular formula is C17H27N2O2S+. The molecule has 22 heavy (non-hydrogen) atoms. The maximum absolute atomic E-state index is 12.6. The van der Waals surface area contributed by atoms with E-state index in [-0.39, 0.29) is 6.04 Å². The lowest BCUT2D eigenvalue weighted by Crippen LogP contribution is -3.18. The fourth-order valence-electron chi connectivity index (χ4n) is 4.00. The fraction of sp³-hybridized carbons (Fsp3) is 0.647. The first-order chi connectivity index (χ1) is 10.7. The molecule has 4 nitrogen and oxygen atoms in total. The van der Waals surface area contributed by atoms with Gasteiger partial charge in [-0.3, -0.25) is 0 Å². The first-order valence-corrected chi connectivity index (χ1v) is 10.1. The summed E-state index contributed by atoms with van der Waals surface area (Å²) in [5.41, 5.74) is 0. The van der Waals surface area contributed by atoms with E-state index in [9.17, 15) is 8.42 Å². The largest absolute Gasteiger partial charge is 0.331 e. The van der Waals surface area contributed by atoms with Crippen molar-refractivity contribution >= 4 is 10.0 Å². The SMILES string of the molecule is O=S(=O)(NC1CCCCC1[NH+]1CCCCC1)c1ccccc1. The third-order valence-electron chi connectivity index (χ3n) is 5.15. The Labute approximate surface area is 134 Å². The van der Waals surface area contributed by atoms with E-state index in [0.29, 0.717) is 10.9 Å². The lowest BCUT2D eigenvalue weighted by molar-refractivity contribution is -0.932. The van der Waals surface area contributed by atoms with E-state index >= 15 is 0 Å². The summed E-state index contributed by atoms with van der Waals surface area (Å²) in [7, 11) is -3.39. The summed E-state index contributed by atoms with van der Waals surface area (Å²) in [6, 6.07) is 9.30. The molecule has 122 valence electrons. The van der Waals surface area contributed by atoms with Crippen LogP contribution in [0.25, 0.3) is 0 Å². The molecule has 1 saturated heterocycles. The van der Waals surface area contributed by atoms with E-state index in [1.807, 2.05) is 6.07 Å². The minimum atomic E-state index is -3.39. The summed E-state index contributed by atoms with van der Waals surface area (Å²) in [5.74, 6) is 0. The van der Waals surface area contributed by atoms with E-state index in [2.05, 4.69) is 4.72 Å². The van der Waals surface area contributed by atoms with Crippen molar-refractivity contribution < 1.29 is 13.3 Å². The van der Waals surface area contributed by atoms with Crippen LogP contribution in [0, 0.1) is 0 Å². The van der Waals surface area contributed by atoms with Crippen molar-refractivity contribution in [1.82, 2.24) is 4.72 Å². The van der Waals surface area contributed by atoms with Crippen LogP contribution in [0.3, 0.4) is 0 Å². The molecule has 2 atom stereocenters. The topological polar surface area (TPSA) is 50.6 Å². The molecular weight excluding hydrogens is 296 g/mol. The summed E-state index contributed by atoms with van der Waals surface area (Å²) >= 11 is 0. The van der Waals surface area contributed by atoms with Crippen molar-refractivity contribution in [2.24, 2.45) is 0 Å². The van der Waals surface area contributed by atoms with Crippen LogP contribution in [0.5, 0.6) is 0 Å². The maximum atomic E-state index is 12.6. The lowest BCUT2D eigenvalue weighted by atomic mass is 9.89. The van der Waals surface area contributed by atoms with Crippen LogP contribution in [0.2, 0.25) is 0 Å². The molecule has 1 aliphatic heterocycles. The highest BCUT2D eigenvalue weighted by molar-refractivity contribution is 7.89. The third-order valence-corrected chi connectivity index (χ3v) is 6.65. The number of piperidine rings is 1. The van der Waals surface area contributed by atoms with Gasteiger partial charge in [0.2, 0.25) is 10.0 Å². The molecule has 2 fully saturated rings. The number of quaternary nitrogens is 1. The fourth-order valence-corrected chi connectivity index (χ4v) is 5.34. The Morgan fingerprint density at radius 3 is 2.32 bits per heavy atom. The van der Waals surface area contributed by atoms with Gasteiger partial charge in [0.25, 0.3) is 0 Å². The number of nitrogens with one attached hydrogen (secondary N) is 2. The summed E-state index contributed by atoms with van der Waals surface area (Å²) in [5, 5.41) is 0. The molecule has 0 aromatic heterocycles. The van der Waals surface area contributed by atoms with Gasteiger partial charge in [0.15, 0.2) is 0 Å². The Morgan fingerprint density at radius 2 is 1.59 bits per heavy atom. The van der Waals surface area contributed by atoms with Crippen molar-refractivity contribution in [1.29, 1.82) is 0 Å². The average Bonchev–Trinajstić information content (AvgIpc) is 2.57. The zero-order chi connectivity index (χ0) is 15.4. The molecule has 1 aromatic rings. The second-order valence-corrected chi connectivity index (χ2v) is 8.36. The third kappa shape index (κ3) is 3.70. The maximum Gasteiger partial charge on any atom is 0.241 e. The highest BCUT2D eigenvalue weighted by Crippen LogP contribution is 2.20. The molecule has 1 aromatic carbocycles. The standard InChI is InChI=1S/C17H26N2O2S/c20-22(21,15-9-3-1-4-10-15)18-16-11-5-6-12-17(16)19-13-7-2-8-14-19/h1,3-4,9-10,16-18H,2,5-8,11-14H2/p+1. The Balaban J connectivity index is 1.73. The number of likely N-dealkylation sites (tertiary alicyclic amines) is 1. The number of rotatable bonds is 4. The normalized spacial score (nSPS) is 27.6. The number of benzene rings is 1. The van der Waals surface area contributed by atoms with Gasteiger partial charge in [-0.15, -0.1) is 0 Å². The van der Waals surface area contributed by atoms with Crippen LogP contribution in [-0.4, -0.2) is 33.6 Å². The van der Waals surface area contributed by atoms with Crippen molar-refractivity contribution in [2.75, 3.05) is 13.1 Å². The minimum absolute atomic E-state index is 0.0899. The van der Waals surface area contributed by atoms with E-state index in [1.54, 1.807) is 29.2 Å². The van der Waals surface area contributed by atoms with Crippen LogP contribution < -0.4 is 9.62 Å². The summed E-state index contributed by atoms with van der Waals surface area (Å²) in [6.45, 7) is 2.41. The first-order valence-electron chi connectivity index (χ1n) is 8.59. The second kappa shape index (κ2) is 7.11. The zero-order valence-electron chi connectivity index (χ0n) is 13.1. The number of hydrogen-bond donors (Lipinski definition) is 2. The summed E-state index contributed by atoms with van der Waals surface area (Å²) in [4.78, 5) is 2.00. The van der Waals surface area contributed by atoms with Gasteiger partial charge in [-0.2, -0.15) is 0 Å². The van der Waals surface area contributed by atoms with Crippen LogP contribution in [-0.2, 0) is 10.0 Å². The van der Waals surface area contributed by atoms with E-state index in [0.717, 1.165) is 19.3 Å². The quantitative estimate of drug-likeness (QED) is 0.879. The van der Waals surface area contributed by atoms with Crippen LogP contribution in [0.1, 0.15) is 44.9 Å². The summed E-state index contributed by atoms with van der Waals surface area (Å²) < 4.78 is 28.2. The molecule has 0 radical (unpaired) electrons. The minimum Gasteiger partial charge on any atom is -0.331 e. The number of sulfonamides is 1. The monoisotopic (exact) mass is 323 g/mol. The van der Waals surface area contributed by atoms with Gasteiger partial charge >= 0.3 is 0 Å². The van der Waals surface area contributed by atoms with Crippen LogP contribution in [0.15, 0.2) is 35.2 Å². The summed E-state index contributed by atoms with van der Waals surface area (Å²) in [6.07, 6.45) is 8.38. The molecule has 2 unspecified atom stereocenters. The zero-order valence-corrected chi connectivity index (χ0v) is 13.9. The average molecular weight is 323 g/mol. The van der Waals surface area contributed by atoms with Crippen LogP contribution >= 0.6 is 0 Å². The molecule has 1 saturated carbocycles. The molecule has 1 heterocycles. The Bertz CT molecular complexity index is 568. The van der Waals surface area contributed by atoms with Crippen molar-refractivity contribution in [3.05, 3.63) is 30.3 Å². The van der Waals surface area contributed by atoms with Gasteiger partial charge in [-0.05, 0) is 44.2 Å². The van der Waals surface area contributed by atoms with Gasteiger partial charge < -0.3 is 4.90 Å². The molecule has 1 aliphatic carbocycles. The molecule has 0 bridgehead atoms.